The van der Waals surface area contributed by atoms with Gasteiger partial charge in [-0.05, 0) is 100.0 Å². The summed E-state index contributed by atoms with van der Waals surface area (Å²) in [6.45, 7) is 11.4. The first kappa shape index (κ1) is 37.1. The highest BCUT2D eigenvalue weighted by atomic mass is 35.5. The summed E-state index contributed by atoms with van der Waals surface area (Å²) in [4.78, 5) is 13.8. The smallest absolute Gasteiger partial charge is 0.142 e. The van der Waals surface area contributed by atoms with E-state index < -0.39 is 0 Å². The molecule has 1 unspecified atom stereocenters. The van der Waals surface area contributed by atoms with Gasteiger partial charge in [-0.3, -0.25) is 14.9 Å². The molecule has 3 aliphatic rings. The third-order valence-corrected chi connectivity index (χ3v) is 11.2. The Morgan fingerprint density at radius 1 is 0.868 bits per heavy atom. The molecule has 9 nitrogen and oxygen atoms in total. The summed E-state index contributed by atoms with van der Waals surface area (Å²) in [5, 5.41) is 9.88. The molecule has 0 amide bonds. The van der Waals surface area contributed by atoms with Crippen LogP contribution in [0.4, 0.5) is 0 Å². The molecule has 0 saturated carbocycles. The highest BCUT2D eigenvalue weighted by molar-refractivity contribution is 6.32. The van der Waals surface area contributed by atoms with Crippen molar-refractivity contribution >= 4 is 11.6 Å². The van der Waals surface area contributed by atoms with Gasteiger partial charge < -0.3 is 23.8 Å². The fourth-order valence-electron chi connectivity index (χ4n) is 8.00. The topological polar surface area (TPSA) is 93.0 Å². The van der Waals surface area contributed by atoms with Crippen molar-refractivity contribution in [3.63, 3.8) is 0 Å². The second-order valence-electron chi connectivity index (χ2n) is 14.9. The van der Waals surface area contributed by atoms with Crippen LogP contribution in [0, 0.1) is 23.7 Å². The standard InChI is InChI=1S/C43H50ClN5O4/c1-32-35(8-5-9-39(32)36-19-38(26-47-25-36)51-16-7-15-49-14-6-10-43(30-49)11-17-50-31-43)29-53-42-21-41(52-28-34-18-33(22-45)23-46-24-34)37(20-40(42)44)27-48-12-3-2-4-13-48/h5,8-9,18-21,23-26H,2-4,6-7,10-17,27-31H2,1H3. The van der Waals surface area contributed by atoms with Gasteiger partial charge in [0.15, 0.2) is 0 Å². The Labute approximate surface area is 318 Å². The molecule has 2 aromatic heterocycles. The first-order chi connectivity index (χ1) is 26.0. The van der Waals surface area contributed by atoms with E-state index in [1.54, 1.807) is 24.7 Å². The number of nitriles is 1. The Morgan fingerprint density at radius 3 is 2.57 bits per heavy atom. The Bertz CT molecular complexity index is 1890. The maximum atomic E-state index is 9.33. The highest BCUT2D eigenvalue weighted by Crippen LogP contribution is 2.38. The lowest BCUT2D eigenvalue weighted by Gasteiger charge is -2.39. The van der Waals surface area contributed by atoms with Gasteiger partial charge in [-0.1, -0.05) is 36.2 Å². The van der Waals surface area contributed by atoms with E-state index in [1.165, 1.54) is 45.1 Å². The number of aromatic nitrogens is 2. The van der Waals surface area contributed by atoms with Crippen LogP contribution in [0.2, 0.25) is 5.02 Å². The molecular formula is C43H50ClN5O4. The molecule has 10 heteroatoms. The fourth-order valence-corrected chi connectivity index (χ4v) is 8.24. The van der Waals surface area contributed by atoms with E-state index in [2.05, 4.69) is 57.0 Å². The summed E-state index contributed by atoms with van der Waals surface area (Å²) in [5.74, 6) is 2.06. The van der Waals surface area contributed by atoms with Gasteiger partial charge in [0.1, 0.15) is 36.5 Å². The van der Waals surface area contributed by atoms with Gasteiger partial charge in [-0.2, -0.15) is 5.26 Å². The summed E-state index contributed by atoms with van der Waals surface area (Å²) >= 11 is 6.88. The van der Waals surface area contributed by atoms with Crippen molar-refractivity contribution in [1.82, 2.24) is 19.8 Å². The fraction of sp³-hybridized carbons (Fsp3) is 0.465. The molecule has 5 heterocycles. The van der Waals surface area contributed by atoms with Gasteiger partial charge in [0.25, 0.3) is 0 Å². The van der Waals surface area contributed by atoms with Gasteiger partial charge in [-0.25, -0.2) is 0 Å². The van der Waals surface area contributed by atoms with E-state index >= 15 is 0 Å². The van der Waals surface area contributed by atoms with Gasteiger partial charge in [0.05, 0.1) is 30.0 Å². The molecule has 2 aromatic carbocycles. The highest BCUT2D eigenvalue weighted by Gasteiger charge is 2.38. The first-order valence-corrected chi connectivity index (χ1v) is 19.5. The minimum Gasteiger partial charge on any atom is -0.492 e. The monoisotopic (exact) mass is 735 g/mol. The molecule has 0 aliphatic carbocycles. The summed E-state index contributed by atoms with van der Waals surface area (Å²) in [6.07, 6.45) is 15.3. The number of ether oxygens (including phenoxy) is 4. The van der Waals surface area contributed by atoms with Crippen LogP contribution in [0.5, 0.6) is 17.2 Å². The molecule has 3 aliphatic heterocycles. The second-order valence-corrected chi connectivity index (χ2v) is 15.3. The molecule has 0 radical (unpaired) electrons. The van der Waals surface area contributed by atoms with Crippen LogP contribution in [0.3, 0.4) is 0 Å². The molecule has 0 bridgehead atoms. The summed E-state index contributed by atoms with van der Waals surface area (Å²) in [7, 11) is 0. The molecule has 53 heavy (non-hydrogen) atoms. The molecular weight excluding hydrogens is 686 g/mol. The van der Waals surface area contributed by atoms with Crippen LogP contribution in [0.25, 0.3) is 11.1 Å². The molecule has 7 rings (SSSR count). The van der Waals surface area contributed by atoms with Crippen molar-refractivity contribution in [2.24, 2.45) is 5.41 Å². The zero-order chi connectivity index (χ0) is 36.5. The maximum Gasteiger partial charge on any atom is 0.142 e. The zero-order valence-electron chi connectivity index (χ0n) is 30.8. The number of rotatable bonds is 14. The van der Waals surface area contributed by atoms with Crippen LogP contribution >= 0.6 is 11.6 Å². The van der Waals surface area contributed by atoms with Crippen molar-refractivity contribution < 1.29 is 18.9 Å². The van der Waals surface area contributed by atoms with Crippen molar-refractivity contribution in [2.75, 3.05) is 52.5 Å². The zero-order valence-corrected chi connectivity index (χ0v) is 31.6. The van der Waals surface area contributed by atoms with Crippen LogP contribution < -0.4 is 14.2 Å². The second kappa shape index (κ2) is 17.7. The number of piperidine rings is 2. The quantitative estimate of drug-likeness (QED) is 0.118. The number of benzene rings is 2. The van der Waals surface area contributed by atoms with Gasteiger partial charge in [0, 0.05) is 73.0 Å². The van der Waals surface area contributed by atoms with Crippen LogP contribution in [0.15, 0.2) is 67.3 Å². The SMILES string of the molecule is Cc1c(COc2cc(OCc3cncc(C#N)c3)c(CN3CCCCC3)cc2Cl)cccc1-c1cncc(OCCCN2CCCC3(CCOC3)C2)c1. The Hall–Kier alpha value is -4.20. The molecule has 1 atom stereocenters. The molecule has 3 saturated heterocycles. The lowest BCUT2D eigenvalue weighted by molar-refractivity contribution is 0.0657. The molecule has 3 fully saturated rings. The molecule has 0 N–H and O–H groups in total. The first-order valence-electron chi connectivity index (χ1n) is 19.1. The van der Waals surface area contributed by atoms with Crippen LogP contribution in [-0.2, 0) is 24.5 Å². The van der Waals surface area contributed by atoms with Gasteiger partial charge >= 0.3 is 0 Å². The van der Waals surface area contributed by atoms with Crippen molar-refractivity contribution in [1.29, 1.82) is 5.26 Å². The number of hydrogen-bond donors (Lipinski definition) is 0. The van der Waals surface area contributed by atoms with Crippen molar-refractivity contribution in [3.05, 3.63) is 100 Å². The van der Waals surface area contributed by atoms with Gasteiger partial charge in [-0.15, -0.1) is 0 Å². The number of pyridine rings is 2. The summed E-state index contributed by atoms with van der Waals surface area (Å²) in [6, 6.07) is 16.2. The summed E-state index contributed by atoms with van der Waals surface area (Å²) < 4.78 is 24.7. The minimum absolute atomic E-state index is 0.281. The maximum absolute atomic E-state index is 9.33. The predicted molar refractivity (Wildman–Crippen MR) is 206 cm³/mol. The lowest BCUT2D eigenvalue weighted by atomic mass is 9.79. The van der Waals surface area contributed by atoms with E-state index in [-0.39, 0.29) is 6.61 Å². The summed E-state index contributed by atoms with van der Waals surface area (Å²) in [5.41, 5.74) is 6.97. The van der Waals surface area contributed by atoms with E-state index in [0.717, 1.165) is 91.5 Å². The Morgan fingerprint density at radius 2 is 1.72 bits per heavy atom. The minimum atomic E-state index is 0.281. The predicted octanol–water partition coefficient (Wildman–Crippen LogP) is 8.39. The normalized spacial score (nSPS) is 19.3. The van der Waals surface area contributed by atoms with Crippen molar-refractivity contribution in [3.8, 4) is 34.4 Å². The van der Waals surface area contributed by atoms with E-state index in [9.17, 15) is 5.26 Å². The number of halogens is 1. The van der Waals surface area contributed by atoms with E-state index in [0.29, 0.717) is 40.7 Å². The van der Waals surface area contributed by atoms with Gasteiger partial charge in [0.2, 0.25) is 0 Å². The van der Waals surface area contributed by atoms with Crippen molar-refractivity contribution in [2.45, 2.75) is 71.6 Å². The van der Waals surface area contributed by atoms with E-state index in [4.69, 9.17) is 30.5 Å². The third kappa shape index (κ3) is 9.68. The Balaban J connectivity index is 0.995. The molecule has 1 spiro atoms. The lowest BCUT2D eigenvalue weighted by Crippen LogP contribution is -2.44. The number of likely N-dealkylation sites (tertiary alicyclic amines) is 2. The average molecular weight is 736 g/mol. The molecule has 278 valence electrons. The number of hydrogen-bond acceptors (Lipinski definition) is 9. The van der Waals surface area contributed by atoms with E-state index in [1.807, 2.05) is 18.3 Å². The van der Waals surface area contributed by atoms with Crippen LogP contribution in [0.1, 0.15) is 72.8 Å². The molecule has 4 aromatic rings. The largest absolute Gasteiger partial charge is 0.492 e. The average Bonchev–Trinajstić information content (AvgIpc) is 3.63. The third-order valence-electron chi connectivity index (χ3n) is 10.9. The Kier molecular flexibility index (Phi) is 12.4. The van der Waals surface area contributed by atoms with Crippen LogP contribution in [-0.4, -0.2) is 72.3 Å². The number of nitrogens with zero attached hydrogens (tertiary/aromatic N) is 5.